The maximum atomic E-state index is 12.7. The summed E-state index contributed by atoms with van der Waals surface area (Å²) in [7, 11) is 0. The predicted octanol–water partition coefficient (Wildman–Crippen LogP) is 1.00. The second-order valence-electron chi connectivity index (χ2n) is 3.13. The molecule has 0 spiro atoms. The summed E-state index contributed by atoms with van der Waals surface area (Å²) in [6.07, 6.45) is -3.66. The van der Waals surface area contributed by atoms with Crippen LogP contribution in [-0.2, 0) is 0 Å². The Labute approximate surface area is 84.2 Å². The molecule has 82 valence electrons. The fourth-order valence-electron chi connectivity index (χ4n) is 1.38. The van der Waals surface area contributed by atoms with E-state index in [0.717, 1.165) is 0 Å². The van der Waals surface area contributed by atoms with Crippen LogP contribution in [-0.4, -0.2) is 18.0 Å². The van der Waals surface area contributed by atoms with Gasteiger partial charge in [-0.3, -0.25) is 0 Å². The van der Waals surface area contributed by atoms with Gasteiger partial charge in [0.05, 0.1) is 12.6 Å². The highest BCUT2D eigenvalue weighted by Gasteiger charge is 2.44. The van der Waals surface area contributed by atoms with E-state index in [0.29, 0.717) is 5.56 Å². The lowest BCUT2D eigenvalue weighted by Gasteiger charge is -2.11. The van der Waals surface area contributed by atoms with E-state index >= 15 is 0 Å². The minimum Gasteiger partial charge on any atom is -0.395 e. The number of rotatable bonds is 2. The second-order valence-corrected chi connectivity index (χ2v) is 3.13. The Morgan fingerprint density at radius 1 is 1.40 bits per heavy atom. The summed E-state index contributed by atoms with van der Waals surface area (Å²) in [5.41, 5.74) is 5.82. The molecule has 0 saturated heterocycles. The number of nitrogens with two attached hydrogens (primary N) is 1. The molecule has 0 bridgehead atoms. The van der Waals surface area contributed by atoms with Crippen LogP contribution in [0.25, 0.3) is 0 Å². The van der Waals surface area contributed by atoms with E-state index in [1.807, 2.05) is 0 Å². The van der Waals surface area contributed by atoms with Gasteiger partial charge >= 0.3 is 6.29 Å². The van der Waals surface area contributed by atoms with Crippen molar-refractivity contribution in [2.75, 3.05) is 6.61 Å². The first kappa shape index (κ1) is 10.1. The van der Waals surface area contributed by atoms with Crippen LogP contribution in [0, 0.1) is 0 Å². The summed E-state index contributed by atoms with van der Waals surface area (Å²) in [6, 6.07) is 3.60. The average molecular weight is 217 g/mol. The van der Waals surface area contributed by atoms with Crippen LogP contribution in [0.2, 0.25) is 0 Å². The Balaban J connectivity index is 2.41. The number of hydrogen-bond acceptors (Lipinski definition) is 4. The van der Waals surface area contributed by atoms with Crippen molar-refractivity contribution in [2.24, 2.45) is 5.73 Å². The van der Waals surface area contributed by atoms with Crippen molar-refractivity contribution >= 4 is 0 Å². The normalized spacial score (nSPS) is 18.9. The molecule has 0 aromatic heterocycles. The molecule has 0 saturated carbocycles. The first-order valence-electron chi connectivity index (χ1n) is 4.28. The van der Waals surface area contributed by atoms with Gasteiger partial charge in [-0.1, -0.05) is 12.1 Å². The highest BCUT2D eigenvalue weighted by atomic mass is 19.3. The van der Waals surface area contributed by atoms with Gasteiger partial charge in [-0.25, -0.2) is 0 Å². The van der Waals surface area contributed by atoms with E-state index in [-0.39, 0.29) is 18.1 Å². The van der Waals surface area contributed by atoms with Crippen molar-refractivity contribution < 1.29 is 23.4 Å². The summed E-state index contributed by atoms with van der Waals surface area (Å²) in [5.74, 6) is -0.176. The first-order chi connectivity index (χ1) is 7.03. The number of halogens is 2. The molecular weight excluding hydrogens is 208 g/mol. The maximum absolute atomic E-state index is 12.7. The minimum atomic E-state index is -3.66. The summed E-state index contributed by atoms with van der Waals surface area (Å²) < 4.78 is 34.0. The molecule has 0 unspecified atom stereocenters. The molecule has 0 aliphatic carbocycles. The average Bonchev–Trinajstić information content (AvgIpc) is 2.49. The lowest BCUT2D eigenvalue weighted by molar-refractivity contribution is -0.287. The number of hydrogen-bond donors (Lipinski definition) is 2. The van der Waals surface area contributed by atoms with Crippen LogP contribution in [0.4, 0.5) is 8.78 Å². The molecule has 4 nitrogen and oxygen atoms in total. The molecule has 1 aliphatic heterocycles. The number of para-hydroxylation sites is 1. The molecule has 1 atom stereocenters. The third-order valence-corrected chi connectivity index (χ3v) is 2.06. The molecule has 0 amide bonds. The number of fused-ring (bicyclic) bond motifs is 1. The molecule has 3 N–H and O–H groups in total. The quantitative estimate of drug-likeness (QED) is 0.775. The van der Waals surface area contributed by atoms with Crippen molar-refractivity contribution in [1.82, 2.24) is 0 Å². The largest absolute Gasteiger partial charge is 0.586 e. The predicted molar refractivity (Wildman–Crippen MR) is 46.7 cm³/mol. The van der Waals surface area contributed by atoms with E-state index in [4.69, 9.17) is 10.8 Å². The van der Waals surface area contributed by atoms with Crippen LogP contribution >= 0.6 is 0 Å². The molecule has 0 radical (unpaired) electrons. The topological polar surface area (TPSA) is 64.7 Å². The Bertz CT molecular complexity index is 384. The van der Waals surface area contributed by atoms with E-state index < -0.39 is 12.3 Å². The van der Waals surface area contributed by atoms with Crippen LogP contribution in [0.15, 0.2) is 18.2 Å². The lowest BCUT2D eigenvalue weighted by atomic mass is 10.1. The summed E-state index contributed by atoms with van der Waals surface area (Å²) in [4.78, 5) is 0. The zero-order valence-corrected chi connectivity index (χ0v) is 7.61. The monoisotopic (exact) mass is 217 g/mol. The van der Waals surface area contributed by atoms with Gasteiger partial charge in [-0.05, 0) is 6.07 Å². The Kier molecular flexibility index (Phi) is 2.24. The SMILES string of the molecule is N[C@H](CO)c1cccc2c1OC(F)(F)O2. The van der Waals surface area contributed by atoms with E-state index in [9.17, 15) is 8.78 Å². The van der Waals surface area contributed by atoms with E-state index in [2.05, 4.69) is 9.47 Å². The molecular formula is C9H9F2NO3. The molecule has 1 aliphatic rings. The van der Waals surface area contributed by atoms with Crippen LogP contribution in [0.5, 0.6) is 11.5 Å². The molecule has 2 rings (SSSR count). The van der Waals surface area contributed by atoms with Gasteiger partial charge in [0.25, 0.3) is 0 Å². The van der Waals surface area contributed by atoms with E-state index in [1.54, 1.807) is 0 Å². The Morgan fingerprint density at radius 2 is 2.13 bits per heavy atom. The molecule has 1 aromatic rings. The minimum absolute atomic E-state index is 0.0681. The third-order valence-electron chi connectivity index (χ3n) is 2.06. The molecule has 1 heterocycles. The van der Waals surface area contributed by atoms with Gasteiger partial charge < -0.3 is 20.3 Å². The Hall–Kier alpha value is -1.40. The van der Waals surface area contributed by atoms with Crippen molar-refractivity contribution in [3.63, 3.8) is 0 Å². The standard InChI is InChI=1S/C9H9F2NO3/c10-9(11)14-7-3-1-2-5(6(12)4-13)8(7)15-9/h1-3,6,13H,4,12H2/t6-/m1/s1. The number of ether oxygens (including phenoxy) is 2. The highest BCUT2D eigenvalue weighted by molar-refractivity contribution is 5.50. The number of benzene rings is 1. The van der Waals surface area contributed by atoms with Gasteiger partial charge in [-0.15, -0.1) is 8.78 Å². The number of alkyl halides is 2. The van der Waals surface area contributed by atoms with Gasteiger partial charge in [0.15, 0.2) is 11.5 Å². The van der Waals surface area contributed by atoms with Crippen molar-refractivity contribution in [3.05, 3.63) is 23.8 Å². The summed E-state index contributed by atoms with van der Waals surface area (Å²) in [5, 5.41) is 8.84. The number of aliphatic hydroxyl groups is 1. The maximum Gasteiger partial charge on any atom is 0.586 e. The molecule has 0 fully saturated rings. The zero-order valence-electron chi connectivity index (χ0n) is 7.61. The molecule has 6 heteroatoms. The number of aliphatic hydroxyl groups excluding tert-OH is 1. The van der Waals surface area contributed by atoms with Crippen LogP contribution in [0.3, 0.4) is 0 Å². The van der Waals surface area contributed by atoms with Crippen LogP contribution in [0.1, 0.15) is 11.6 Å². The van der Waals surface area contributed by atoms with Crippen LogP contribution < -0.4 is 15.2 Å². The van der Waals surface area contributed by atoms with Crippen molar-refractivity contribution in [1.29, 1.82) is 0 Å². The zero-order chi connectivity index (χ0) is 11.1. The van der Waals surface area contributed by atoms with E-state index in [1.165, 1.54) is 18.2 Å². The van der Waals surface area contributed by atoms with Gasteiger partial charge in [0, 0.05) is 5.56 Å². The van der Waals surface area contributed by atoms with Gasteiger partial charge in [-0.2, -0.15) is 0 Å². The fraction of sp³-hybridized carbons (Fsp3) is 0.333. The Morgan fingerprint density at radius 3 is 2.80 bits per heavy atom. The second kappa shape index (κ2) is 3.32. The third kappa shape index (κ3) is 1.73. The first-order valence-corrected chi connectivity index (χ1v) is 4.28. The van der Waals surface area contributed by atoms with Crippen molar-refractivity contribution in [2.45, 2.75) is 12.3 Å². The highest BCUT2D eigenvalue weighted by Crippen LogP contribution is 2.44. The van der Waals surface area contributed by atoms with Gasteiger partial charge in [0.2, 0.25) is 0 Å². The fourth-order valence-corrected chi connectivity index (χ4v) is 1.38. The summed E-state index contributed by atoms with van der Waals surface area (Å²) >= 11 is 0. The van der Waals surface area contributed by atoms with Crippen molar-refractivity contribution in [3.8, 4) is 11.5 Å². The lowest BCUT2D eigenvalue weighted by Crippen LogP contribution is -2.26. The summed E-state index contributed by atoms with van der Waals surface area (Å²) in [6.45, 7) is -0.356. The molecule has 1 aromatic carbocycles. The molecule has 15 heavy (non-hydrogen) atoms. The van der Waals surface area contributed by atoms with Gasteiger partial charge in [0.1, 0.15) is 0 Å². The smallest absolute Gasteiger partial charge is 0.395 e.